The van der Waals surface area contributed by atoms with Gasteiger partial charge in [0.1, 0.15) is 11.5 Å². The molecule has 1 aliphatic heterocycles. The molecule has 2 aromatic carbocycles. The van der Waals surface area contributed by atoms with Gasteiger partial charge in [0.2, 0.25) is 0 Å². The van der Waals surface area contributed by atoms with Crippen LogP contribution in [0.1, 0.15) is 12.7 Å². The Kier molecular flexibility index (Phi) is 5.33. The summed E-state index contributed by atoms with van der Waals surface area (Å²) < 4.78 is 15.6. The number of benzene rings is 2. The Hall–Kier alpha value is -4.08. The van der Waals surface area contributed by atoms with Gasteiger partial charge in [-0.3, -0.25) is 4.98 Å². The van der Waals surface area contributed by atoms with Crippen LogP contribution < -0.4 is 10.2 Å². The molecule has 1 unspecified atom stereocenters. The first-order valence-electron chi connectivity index (χ1n) is 10.7. The predicted molar refractivity (Wildman–Crippen MR) is 123 cm³/mol. The van der Waals surface area contributed by atoms with E-state index in [0.29, 0.717) is 31.1 Å². The van der Waals surface area contributed by atoms with Crippen LogP contribution in [0.3, 0.4) is 0 Å². The van der Waals surface area contributed by atoms with E-state index in [1.165, 1.54) is 22.9 Å². The Balaban J connectivity index is 1.31. The normalized spacial score (nSPS) is 16.3. The van der Waals surface area contributed by atoms with Crippen LogP contribution in [-0.4, -0.2) is 61.8 Å². The number of fused-ring (bicyclic) bond motifs is 1. The van der Waals surface area contributed by atoms with Crippen molar-refractivity contribution in [3.05, 3.63) is 66.5 Å². The van der Waals surface area contributed by atoms with Gasteiger partial charge in [-0.15, -0.1) is 5.10 Å². The maximum Gasteiger partial charge on any atom is 0.322 e. The van der Waals surface area contributed by atoms with Gasteiger partial charge < -0.3 is 15.1 Å². The van der Waals surface area contributed by atoms with Crippen molar-refractivity contribution in [1.82, 2.24) is 30.1 Å². The van der Waals surface area contributed by atoms with E-state index in [4.69, 9.17) is 0 Å². The molecule has 2 aromatic heterocycles. The van der Waals surface area contributed by atoms with Crippen molar-refractivity contribution in [3.8, 4) is 5.69 Å². The predicted octanol–water partition coefficient (Wildman–Crippen LogP) is 3.40. The van der Waals surface area contributed by atoms with Gasteiger partial charge >= 0.3 is 6.03 Å². The molecule has 1 atom stereocenters. The highest BCUT2D eigenvalue weighted by molar-refractivity contribution is 5.94. The van der Waals surface area contributed by atoms with E-state index < -0.39 is 5.82 Å². The van der Waals surface area contributed by atoms with Crippen LogP contribution in [0, 0.1) is 12.7 Å². The molecule has 0 aliphatic carbocycles. The van der Waals surface area contributed by atoms with Crippen molar-refractivity contribution in [2.24, 2.45) is 0 Å². The summed E-state index contributed by atoms with van der Waals surface area (Å²) in [4.78, 5) is 21.3. The van der Waals surface area contributed by atoms with E-state index in [9.17, 15) is 9.18 Å². The van der Waals surface area contributed by atoms with Gasteiger partial charge in [-0.25, -0.2) is 9.18 Å². The third-order valence-corrected chi connectivity index (χ3v) is 5.94. The van der Waals surface area contributed by atoms with Gasteiger partial charge in [0.25, 0.3) is 0 Å². The molecule has 0 spiro atoms. The fourth-order valence-corrected chi connectivity index (χ4v) is 4.26. The standard InChI is InChI=1S/C23H23FN8O/c1-15-14-30(21-5-3-4-17-13-25-9-8-19(17)21)10-11-31(15)23(33)26-18-6-7-20(24)22(12-18)32-16(2)27-28-29-32/h3-9,12-13,15H,10-11,14H2,1-2H3,(H,26,33). The van der Waals surface area contributed by atoms with Crippen LogP contribution >= 0.6 is 0 Å². The number of aromatic nitrogens is 5. The summed E-state index contributed by atoms with van der Waals surface area (Å²) in [5, 5.41) is 16.3. The second kappa shape index (κ2) is 8.45. The van der Waals surface area contributed by atoms with Gasteiger partial charge in [0.15, 0.2) is 5.82 Å². The molecular formula is C23H23FN8O. The lowest BCUT2D eigenvalue weighted by atomic mass is 10.1. The molecule has 33 heavy (non-hydrogen) atoms. The molecule has 10 heteroatoms. The van der Waals surface area contributed by atoms with E-state index in [1.54, 1.807) is 18.0 Å². The first kappa shape index (κ1) is 20.8. The molecule has 5 rings (SSSR count). The zero-order valence-electron chi connectivity index (χ0n) is 18.3. The third-order valence-electron chi connectivity index (χ3n) is 5.94. The molecular weight excluding hydrogens is 423 g/mol. The Morgan fingerprint density at radius 2 is 2.03 bits per heavy atom. The molecule has 4 aromatic rings. The van der Waals surface area contributed by atoms with Crippen LogP contribution in [0.25, 0.3) is 16.5 Å². The number of carbonyl (C=O) groups is 1. The number of nitrogens with zero attached hydrogens (tertiary/aromatic N) is 7. The number of rotatable bonds is 3. The minimum absolute atomic E-state index is 0.0162. The van der Waals surface area contributed by atoms with Crippen LogP contribution in [0.5, 0.6) is 0 Å². The monoisotopic (exact) mass is 446 g/mol. The number of carbonyl (C=O) groups excluding carboxylic acids is 1. The molecule has 0 bridgehead atoms. The van der Waals surface area contributed by atoms with Crippen molar-refractivity contribution in [2.45, 2.75) is 19.9 Å². The van der Waals surface area contributed by atoms with Crippen molar-refractivity contribution in [3.63, 3.8) is 0 Å². The van der Waals surface area contributed by atoms with Crippen molar-refractivity contribution >= 4 is 28.2 Å². The zero-order chi connectivity index (χ0) is 22.9. The van der Waals surface area contributed by atoms with E-state index in [1.807, 2.05) is 31.3 Å². The summed E-state index contributed by atoms with van der Waals surface area (Å²) in [7, 11) is 0. The van der Waals surface area contributed by atoms with E-state index >= 15 is 0 Å². The Morgan fingerprint density at radius 3 is 2.82 bits per heavy atom. The summed E-state index contributed by atoms with van der Waals surface area (Å²) in [6.45, 7) is 5.68. The Morgan fingerprint density at radius 1 is 1.15 bits per heavy atom. The summed E-state index contributed by atoms with van der Waals surface area (Å²) in [5.74, 6) is -0.0259. The van der Waals surface area contributed by atoms with Crippen molar-refractivity contribution < 1.29 is 9.18 Å². The number of anilines is 2. The lowest BCUT2D eigenvalue weighted by Gasteiger charge is -2.41. The van der Waals surface area contributed by atoms with Crippen LogP contribution in [0.15, 0.2) is 54.9 Å². The fourth-order valence-electron chi connectivity index (χ4n) is 4.26. The lowest BCUT2D eigenvalue weighted by molar-refractivity contribution is 0.185. The second-order valence-electron chi connectivity index (χ2n) is 8.10. The number of urea groups is 1. The Bertz CT molecular complexity index is 1320. The maximum atomic E-state index is 14.3. The van der Waals surface area contributed by atoms with Gasteiger partial charge in [-0.2, -0.15) is 4.68 Å². The average molecular weight is 446 g/mol. The molecule has 0 saturated carbocycles. The largest absolute Gasteiger partial charge is 0.367 e. The highest BCUT2D eigenvalue weighted by atomic mass is 19.1. The SMILES string of the molecule is Cc1nnnn1-c1cc(NC(=O)N2CCN(c3cccc4cnccc34)CC2C)ccc1F. The van der Waals surface area contributed by atoms with Crippen molar-refractivity contribution in [2.75, 3.05) is 29.9 Å². The first-order chi connectivity index (χ1) is 16.0. The highest BCUT2D eigenvalue weighted by Crippen LogP contribution is 2.28. The van der Waals surface area contributed by atoms with Gasteiger partial charge in [-0.05, 0) is 54.6 Å². The van der Waals surface area contributed by atoms with Crippen molar-refractivity contribution in [1.29, 1.82) is 0 Å². The van der Waals surface area contributed by atoms with Crippen LogP contribution in [0.2, 0.25) is 0 Å². The highest BCUT2D eigenvalue weighted by Gasteiger charge is 2.28. The summed E-state index contributed by atoms with van der Waals surface area (Å²) in [6.07, 6.45) is 3.66. The number of halogens is 1. The Labute approximate surface area is 189 Å². The number of piperazine rings is 1. The summed E-state index contributed by atoms with van der Waals surface area (Å²) in [5.41, 5.74) is 1.79. The molecule has 0 radical (unpaired) electrons. The van der Waals surface area contributed by atoms with E-state index in [-0.39, 0.29) is 17.8 Å². The molecule has 1 N–H and O–H groups in total. The number of nitrogens with one attached hydrogen (secondary N) is 1. The number of tetrazole rings is 1. The molecule has 1 aliphatic rings. The van der Waals surface area contributed by atoms with E-state index in [0.717, 1.165) is 16.5 Å². The van der Waals surface area contributed by atoms with Gasteiger partial charge in [0.05, 0.1) is 0 Å². The average Bonchev–Trinajstić information content (AvgIpc) is 3.25. The minimum atomic E-state index is -0.476. The van der Waals surface area contributed by atoms with Gasteiger partial charge in [0, 0.05) is 60.2 Å². The summed E-state index contributed by atoms with van der Waals surface area (Å²) in [6, 6.07) is 12.3. The topological polar surface area (TPSA) is 92.1 Å². The molecule has 3 heterocycles. The smallest absolute Gasteiger partial charge is 0.322 e. The minimum Gasteiger partial charge on any atom is -0.367 e. The quantitative estimate of drug-likeness (QED) is 0.519. The number of hydrogen-bond acceptors (Lipinski definition) is 6. The molecule has 9 nitrogen and oxygen atoms in total. The number of pyridine rings is 1. The second-order valence-corrected chi connectivity index (χ2v) is 8.10. The number of amides is 2. The first-order valence-corrected chi connectivity index (χ1v) is 10.7. The maximum absolute atomic E-state index is 14.3. The lowest BCUT2D eigenvalue weighted by Crippen LogP contribution is -2.55. The molecule has 2 amide bonds. The van der Waals surface area contributed by atoms with Gasteiger partial charge in [-0.1, -0.05) is 12.1 Å². The molecule has 1 fully saturated rings. The van der Waals surface area contributed by atoms with Crippen LogP contribution in [-0.2, 0) is 0 Å². The van der Waals surface area contributed by atoms with Crippen LogP contribution in [0.4, 0.5) is 20.6 Å². The number of aryl methyl sites for hydroxylation is 1. The zero-order valence-corrected chi connectivity index (χ0v) is 18.3. The molecule has 1 saturated heterocycles. The summed E-state index contributed by atoms with van der Waals surface area (Å²) >= 11 is 0. The third kappa shape index (κ3) is 3.95. The number of hydrogen-bond donors (Lipinski definition) is 1. The molecule has 168 valence electrons. The fraction of sp³-hybridized carbons (Fsp3) is 0.261. The van der Waals surface area contributed by atoms with E-state index in [2.05, 4.69) is 36.8 Å².